The first kappa shape index (κ1) is 15.6. The average Bonchev–Trinajstić information content (AvgIpc) is 3.10. The van der Waals surface area contributed by atoms with Crippen LogP contribution in [0.25, 0.3) is 23.0 Å². The molecule has 1 aromatic carbocycles. The van der Waals surface area contributed by atoms with Crippen LogP contribution in [0.1, 0.15) is 18.9 Å². The Labute approximate surface area is 137 Å². The summed E-state index contributed by atoms with van der Waals surface area (Å²) in [5.74, 6) is 0.588. The maximum Gasteiger partial charge on any atom is 0.258 e. The standard InChI is InChI=1S/C17H13FN4O2/c1-2-5-23-14-7-11(9-19)6-12(8-14)17-21-16(22-24-17)15-4-3-13(18)10-20-15/h3-4,6-8,10H,2,5H2,1H3. The zero-order valence-corrected chi connectivity index (χ0v) is 12.9. The molecular formula is C17H13FN4O2. The van der Waals surface area contributed by atoms with Crippen molar-refractivity contribution in [2.24, 2.45) is 0 Å². The molecule has 0 fully saturated rings. The minimum atomic E-state index is -0.443. The minimum Gasteiger partial charge on any atom is -0.494 e. The number of hydrogen-bond donors (Lipinski definition) is 0. The maximum absolute atomic E-state index is 12.9. The SMILES string of the molecule is CCCOc1cc(C#N)cc(-c2nc(-c3ccc(F)cn3)no2)c1. The van der Waals surface area contributed by atoms with E-state index in [4.69, 9.17) is 14.5 Å². The molecule has 0 spiro atoms. The van der Waals surface area contributed by atoms with Crippen LogP contribution in [0.5, 0.6) is 5.75 Å². The van der Waals surface area contributed by atoms with Gasteiger partial charge in [0.05, 0.1) is 24.4 Å². The van der Waals surface area contributed by atoms with Gasteiger partial charge in [0, 0.05) is 5.56 Å². The Hall–Kier alpha value is -3.27. The molecule has 0 saturated heterocycles. The van der Waals surface area contributed by atoms with Crippen LogP contribution < -0.4 is 4.74 Å². The van der Waals surface area contributed by atoms with Crippen LogP contribution in [-0.4, -0.2) is 21.7 Å². The van der Waals surface area contributed by atoms with E-state index in [-0.39, 0.29) is 11.7 Å². The maximum atomic E-state index is 12.9. The Morgan fingerprint density at radius 1 is 1.29 bits per heavy atom. The van der Waals surface area contributed by atoms with E-state index in [0.29, 0.717) is 29.2 Å². The Morgan fingerprint density at radius 2 is 2.17 bits per heavy atom. The molecule has 2 aromatic heterocycles. The lowest BCUT2D eigenvalue weighted by Gasteiger charge is -2.06. The molecule has 2 heterocycles. The number of aromatic nitrogens is 3. The van der Waals surface area contributed by atoms with E-state index in [2.05, 4.69) is 21.2 Å². The van der Waals surface area contributed by atoms with Gasteiger partial charge in [-0.15, -0.1) is 0 Å². The summed E-state index contributed by atoms with van der Waals surface area (Å²) in [6, 6.07) is 9.82. The molecule has 0 amide bonds. The lowest BCUT2D eigenvalue weighted by Crippen LogP contribution is -1.96. The van der Waals surface area contributed by atoms with Crippen molar-refractivity contribution in [1.29, 1.82) is 5.26 Å². The predicted octanol–water partition coefficient (Wildman–Crippen LogP) is 3.60. The van der Waals surface area contributed by atoms with Gasteiger partial charge in [-0.3, -0.25) is 0 Å². The van der Waals surface area contributed by atoms with Gasteiger partial charge in [-0.2, -0.15) is 10.2 Å². The van der Waals surface area contributed by atoms with Gasteiger partial charge in [-0.05, 0) is 36.8 Å². The van der Waals surface area contributed by atoms with E-state index in [9.17, 15) is 4.39 Å². The number of benzene rings is 1. The Kier molecular flexibility index (Phi) is 4.47. The second kappa shape index (κ2) is 6.87. The van der Waals surface area contributed by atoms with Gasteiger partial charge in [0.1, 0.15) is 17.3 Å². The van der Waals surface area contributed by atoms with Crippen molar-refractivity contribution < 1.29 is 13.7 Å². The molecule has 0 aliphatic rings. The van der Waals surface area contributed by atoms with Crippen molar-refractivity contribution in [3.63, 3.8) is 0 Å². The van der Waals surface area contributed by atoms with Crippen LogP contribution in [-0.2, 0) is 0 Å². The molecule has 3 rings (SSSR count). The monoisotopic (exact) mass is 324 g/mol. The summed E-state index contributed by atoms with van der Waals surface area (Å²) >= 11 is 0. The fourth-order valence-electron chi connectivity index (χ4n) is 2.04. The fourth-order valence-corrected chi connectivity index (χ4v) is 2.04. The predicted molar refractivity (Wildman–Crippen MR) is 83.4 cm³/mol. The Balaban J connectivity index is 1.94. The van der Waals surface area contributed by atoms with Crippen LogP contribution >= 0.6 is 0 Å². The lowest BCUT2D eigenvalue weighted by atomic mass is 10.1. The summed E-state index contributed by atoms with van der Waals surface area (Å²) in [6.45, 7) is 2.54. The van der Waals surface area contributed by atoms with Crippen LogP contribution in [0, 0.1) is 17.1 Å². The number of pyridine rings is 1. The smallest absolute Gasteiger partial charge is 0.258 e. The van der Waals surface area contributed by atoms with Gasteiger partial charge in [-0.1, -0.05) is 12.1 Å². The number of hydrogen-bond acceptors (Lipinski definition) is 6. The Bertz CT molecular complexity index is 884. The summed E-state index contributed by atoms with van der Waals surface area (Å²) in [7, 11) is 0. The van der Waals surface area contributed by atoms with E-state index < -0.39 is 5.82 Å². The van der Waals surface area contributed by atoms with Crippen LogP contribution in [0.4, 0.5) is 4.39 Å². The molecule has 0 radical (unpaired) electrons. The summed E-state index contributed by atoms with van der Waals surface area (Å²) in [5.41, 5.74) is 1.39. The highest BCUT2D eigenvalue weighted by Gasteiger charge is 2.14. The fraction of sp³-hybridized carbons (Fsp3) is 0.176. The highest BCUT2D eigenvalue weighted by molar-refractivity contribution is 5.61. The molecule has 3 aromatic rings. The molecule has 24 heavy (non-hydrogen) atoms. The second-order valence-corrected chi connectivity index (χ2v) is 4.99. The topological polar surface area (TPSA) is 84.8 Å². The molecule has 0 aliphatic carbocycles. The molecule has 6 nitrogen and oxygen atoms in total. The first-order chi connectivity index (χ1) is 11.7. The molecule has 0 bridgehead atoms. The number of halogens is 1. The van der Waals surface area contributed by atoms with E-state index >= 15 is 0 Å². The third-order valence-electron chi connectivity index (χ3n) is 3.14. The third kappa shape index (κ3) is 3.38. The van der Waals surface area contributed by atoms with E-state index in [1.165, 1.54) is 12.1 Å². The van der Waals surface area contributed by atoms with Crippen molar-refractivity contribution in [1.82, 2.24) is 15.1 Å². The first-order valence-electron chi connectivity index (χ1n) is 7.33. The molecular weight excluding hydrogens is 311 g/mol. The van der Waals surface area contributed by atoms with Gasteiger partial charge in [0.15, 0.2) is 0 Å². The molecule has 0 unspecified atom stereocenters. The second-order valence-electron chi connectivity index (χ2n) is 4.99. The summed E-state index contributed by atoms with van der Waals surface area (Å²) in [6.07, 6.45) is 1.94. The minimum absolute atomic E-state index is 0.231. The molecule has 0 N–H and O–H groups in total. The normalized spacial score (nSPS) is 10.4. The van der Waals surface area contributed by atoms with Crippen LogP contribution in [0.15, 0.2) is 41.1 Å². The van der Waals surface area contributed by atoms with Crippen molar-refractivity contribution in [3.8, 4) is 34.8 Å². The average molecular weight is 324 g/mol. The van der Waals surface area contributed by atoms with Crippen molar-refractivity contribution in [3.05, 3.63) is 47.9 Å². The molecule has 0 saturated carbocycles. The van der Waals surface area contributed by atoms with Crippen molar-refractivity contribution in [2.75, 3.05) is 6.61 Å². The van der Waals surface area contributed by atoms with E-state index in [0.717, 1.165) is 12.6 Å². The summed E-state index contributed by atoms with van der Waals surface area (Å²) in [5, 5.41) is 13.0. The quantitative estimate of drug-likeness (QED) is 0.713. The summed E-state index contributed by atoms with van der Waals surface area (Å²) in [4.78, 5) is 8.16. The van der Waals surface area contributed by atoms with Gasteiger partial charge in [-0.25, -0.2) is 9.37 Å². The van der Waals surface area contributed by atoms with Crippen LogP contribution in [0.3, 0.4) is 0 Å². The van der Waals surface area contributed by atoms with Crippen molar-refractivity contribution in [2.45, 2.75) is 13.3 Å². The number of nitrogens with zero attached hydrogens (tertiary/aromatic N) is 4. The highest BCUT2D eigenvalue weighted by atomic mass is 19.1. The van der Waals surface area contributed by atoms with Gasteiger partial charge in [0.2, 0.25) is 5.82 Å². The zero-order chi connectivity index (χ0) is 16.9. The Morgan fingerprint density at radius 3 is 2.88 bits per heavy atom. The number of rotatable bonds is 5. The third-order valence-corrected chi connectivity index (χ3v) is 3.14. The van der Waals surface area contributed by atoms with Crippen molar-refractivity contribution >= 4 is 0 Å². The molecule has 120 valence electrons. The highest BCUT2D eigenvalue weighted by Crippen LogP contribution is 2.26. The van der Waals surface area contributed by atoms with Crippen LogP contribution in [0.2, 0.25) is 0 Å². The van der Waals surface area contributed by atoms with Gasteiger partial charge in [0.25, 0.3) is 5.89 Å². The zero-order valence-electron chi connectivity index (χ0n) is 12.9. The molecule has 0 atom stereocenters. The van der Waals surface area contributed by atoms with E-state index in [1.807, 2.05) is 6.92 Å². The first-order valence-corrected chi connectivity index (χ1v) is 7.33. The van der Waals surface area contributed by atoms with Gasteiger partial charge < -0.3 is 9.26 Å². The number of nitriles is 1. The lowest BCUT2D eigenvalue weighted by molar-refractivity contribution is 0.317. The van der Waals surface area contributed by atoms with Gasteiger partial charge >= 0.3 is 0 Å². The summed E-state index contributed by atoms with van der Waals surface area (Å²) < 4.78 is 23.7. The van der Waals surface area contributed by atoms with E-state index in [1.54, 1.807) is 18.2 Å². The largest absolute Gasteiger partial charge is 0.494 e. The molecule has 7 heteroatoms. The number of ether oxygens (including phenoxy) is 1. The molecule has 0 aliphatic heterocycles.